The molecule has 31 heavy (non-hydrogen) atoms. The summed E-state index contributed by atoms with van der Waals surface area (Å²) in [5, 5.41) is 18.7. The lowest BCUT2D eigenvalue weighted by molar-refractivity contribution is -0.378. The van der Waals surface area contributed by atoms with E-state index in [0.717, 1.165) is 6.92 Å². The van der Waals surface area contributed by atoms with Crippen LogP contribution in [0.5, 0.6) is 0 Å². The number of aliphatic hydroxyl groups is 2. The zero-order valence-corrected chi connectivity index (χ0v) is 14.8. The predicted molar refractivity (Wildman–Crippen MR) is 77.6 cm³/mol. The third-order valence-electron chi connectivity index (χ3n) is 4.06. The highest BCUT2D eigenvalue weighted by molar-refractivity contribution is 6.08. The molecule has 1 rings (SSSR count). The van der Waals surface area contributed by atoms with E-state index >= 15 is 0 Å². The van der Waals surface area contributed by atoms with Crippen LogP contribution >= 0.6 is 0 Å². The number of ketones is 1. The molecule has 0 aliphatic heterocycles. The van der Waals surface area contributed by atoms with Gasteiger partial charge in [-0.2, -0.15) is 52.7 Å². The largest absolute Gasteiger partial charge is 0.430 e. The summed E-state index contributed by atoms with van der Waals surface area (Å²) in [6.45, 7) is 3.75. The minimum absolute atomic E-state index is 0.394. The standard InChI is InChI=1S/C16H10F12O3/c1-6(2)10(29)7-3-8(11(30,13(17,18)19)14(20,21)22)5-9(4-7)12(31,15(23,24)25)16(26,27)28/h3-5,30-31H,1H2,2H3. The molecule has 0 heterocycles. The topological polar surface area (TPSA) is 57.5 Å². The van der Waals surface area contributed by atoms with Crippen LogP contribution in [0.25, 0.3) is 0 Å². The van der Waals surface area contributed by atoms with Gasteiger partial charge in [0.15, 0.2) is 5.78 Å². The van der Waals surface area contributed by atoms with Gasteiger partial charge in [0.05, 0.1) is 0 Å². The van der Waals surface area contributed by atoms with Gasteiger partial charge in [0, 0.05) is 16.7 Å². The Kier molecular flexibility index (Phi) is 6.38. The number of hydrogen-bond acceptors (Lipinski definition) is 3. The minimum Gasteiger partial charge on any atom is -0.369 e. The van der Waals surface area contributed by atoms with Crippen molar-refractivity contribution in [2.24, 2.45) is 0 Å². The predicted octanol–water partition coefficient (Wildman–Crippen LogP) is 5.07. The van der Waals surface area contributed by atoms with Crippen molar-refractivity contribution in [3.63, 3.8) is 0 Å². The molecule has 0 saturated heterocycles. The Morgan fingerprint density at radius 1 is 0.677 bits per heavy atom. The first-order valence-electron chi connectivity index (χ1n) is 7.50. The van der Waals surface area contributed by atoms with Crippen LogP contribution in [0.15, 0.2) is 30.4 Å². The molecule has 0 spiro atoms. The number of hydrogen-bond donors (Lipinski definition) is 2. The van der Waals surface area contributed by atoms with E-state index in [-0.39, 0.29) is 0 Å². The summed E-state index contributed by atoms with van der Waals surface area (Å²) in [4.78, 5) is 11.9. The van der Waals surface area contributed by atoms with Gasteiger partial charge in [-0.3, -0.25) is 4.79 Å². The van der Waals surface area contributed by atoms with Crippen molar-refractivity contribution in [3.05, 3.63) is 47.0 Å². The number of halogens is 12. The van der Waals surface area contributed by atoms with Gasteiger partial charge in [-0.15, -0.1) is 0 Å². The van der Waals surface area contributed by atoms with Crippen LogP contribution in [-0.4, -0.2) is 40.7 Å². The van der Waals surface area contributed by atoms with Crippen molar-refractivity contribution in [2.75, 3.05) is 0 Å². The molecular weight excluding hydrogens is 468 g/mol. The van der Waals surface area contributed by atoms with Gasteiger partial charge in [0.2, 0.25) is 0 Å². The van der Waals surface area contributed by atoms with Gasteiger partial charge in [0.25, 0.3) is 11.2 Å². The maximum absolute atomic E-state index is 13.1. The summed E-state index contributed by atoms with van der Waals surface area (Å²) in [7, 11) is 0. The SMILES string of the molecule is C=C(C)C(=O)c1cc(C(O)(C(F)(F)F)C(F)(F)F)cc(C(O)(C(F)(F)F)C(F)(F)F)c1. The van der Waals surface area contributed by atoms with Gasteiger partial charge < -0.3 is 10.2 Å². The Bertz CT molecular complexity index is 790. The fraction of sp³-hybridized carbons (Fsp3) is 0.438. The molecule has 0 unspecified atom stereocenters. The van der Waals surface area contributed by atoms with Gasteiger partial charge in [-0.1, -0.05) is 6.58 Å². The first kappa shape index (κ1) is 26.7. The van der Waals surface area contributed by atoms with Crippen molar-refractivity contribution >= 4 is 5.78 Å². The van der Waals surface area contributed by atoms with Crippen molar-refractivity contribution in [1.29, 1.82) is 0 Å². The average molecular weight is 478 g/mol. The second kappa shape index (κ2) is 7.39. The molecule has 0 aromatic heterocycles. The number of benzene rings is 1. The Morgan fingerprint density at radius 2 is 0.935 bits per heavy atom. The lowest BCUT2D eigenvalue weighted by Crippen LogP contribution is -2.56. The van der Waals surface area contributed by atoms with E-state index < -0.39 is 82.2 Å². The summed E-state index contributed by atoms with van der Waals surface area (Å²) in [5.41, 5.74) is -19.5. The molecule has 176 valence electrons. The zero-order valence-electron chi connectivity index (χ0n) is 14.8. The Morgan fingerprint density at radius 3 is 1.13 bits per heavy atom. The first-order chi connectivity index (χ1) is 13.4. The number of rotatable bonds is 4. The molecular formula is C16H10F12O3. The molecule has 0 bridgehead atoms. The zero-order chi connectivity index (χ0) is 25.0. The van der Waals surface area contributed by atoms with E-state index in [0.29, 0.717) is 0 Å². The Balaban J connectivity index is 4.22. The van der Waals surface area contributed by atoms with Crippen LogP contribution in [0.1, 0.15) is 28.4 Å². The van der Waals surface area contributed by atoms with E-state index in [2.05, 4.69) is 6.58 Å². The third kappa shape index (κ3) is 4.24. The van der Waals surface area contributed by atoms with E-state index in [1.165, 1.54) is 0 Å². The number of carbonyl (C=O) groups excluding carboxylic acids is 1. The highest BCUT2D eigenvalue weighted by Gasteiger charge is 2.74. The molecule has 1 aromatic carbocycles. The number of Topliss-reactive ketones (excluding diaryl/α,β-unsaturated/α-hetero) is 1. The van der Waals surface area contributed by atoms with E-state index in [1.807, 2.05) is 0 Å². The average Bonchev–Trinajstić information content (AvgIpc) is 2.54. The normalized spacial score (nSPS) is 14.5. The maximum Gasteiger partial charge on any atom is 0.430 e. The fourth-order valence-corrected chi connectivity index (χ4v) is 2.40. The van der Waals surface area contributed by atoms with E-state index in [9.17, 15) is 67.7 Å². The van der Waals surface area contributed by atoms with Crippen molar-refractivity contribution in [3.8, 4) is 0 Å². The summed E-state index contributed by atoms with van der Waals surface area (Å²) in [5.74, 6) is -1.65. The van der Waals surface area contributed by atoms with Crippen LogP contribution in [0, 0.1) is 0 Å². The lowest BCUT2D eigenvalue weighted by atomic mass is 9.83. The Labute approximate surface area is 164 Å². The number of carbonyl (C=O) groups is 1. The summed E-state index contributed by atoms with van der Waals surface area (Å²) >= 11 is 0. The van der Waals surface area contributed by atoms with Crippen molar-refractivity contribution in [1.82, 2.24) is 0 Å². The molecule has 0 atom stereocenters. The molecule has 0 fully saturated rings. The summed E-state index contributed by atoms with van der Waals surface area (Å²) in [6, 6.07) is -1.76. The second-order valence-corrected chi connectivity index (χ2v) is 6.32. The molecule has 0 aliphatic carbocycles. The molecule has 15 heteroatoms. The van der Waals surface area contributed by atoms with Gasteiger partial charge in [0.1, 0.15) is 0 Å². The van der Waals surface area contributed by atoms with E-state index in [4.69, 9.17) is 0 Å². The van der Waals surface area contributed by atoms with Gasteiger partial charge >= 0.3 is 24.7 Å². The molecule has 3 nitrogen and oxygen atoms in total. The molecule has 0 aliphatic rings. The molecule has 1 aromatic rings. The number of allylic oxidation sites excluding steroid dienone is 1. The second-order valence-electron chi connectivity index (χ2n) is 6.32. The highest BCUT2D eigenvalue weighted by Crippen LogP contribution is 2.54. The monoisotopic (exact) mass is 478 g/mol. The Hall–Kier alpha value is -2.29. The summed E-state index contributed by atoms with van der Waals surface area (Å²) < 4.78 is 157. The first-order valence-corrected chi connectivity index (χ1v) is 7.50. The van der Waals surface area contributed by atoms with Gasteiger partial charge in [-0.05, 0) is 30.7 Å². The van der Waals surface area contributed by atoms with Crippen LogP contribution in [0.2, 0.25) is 0 Å². The number of alkyl halides is 12. The molecule has 0 radical (unpaired) electrons. The maximum atomic E-state index is 13.1. The molecule has 0 amide bonds. The van der Waals surface area contributed by atoms with Crippen molar-refractivity contribution in [2.45, 2.75) is 42.8 Å². The highest BCUT2D eigenvalue weighted by atomic mass is 19.4. The lowest BCUT2D eigenvalue weighted by Gasteiger charge is -2.36. The van der Waals surface area contributed by atoms with Gasteiger partial charge in [-0.25, -0.2) is 0 Å². The molecule has 0 saturated carbocycles. The molecule has 2 N–H and O–H groups in total. The fourth-order valence-electron chi connectivity index (χ4n) is 2.40. The quantitative estimate of drug-likeness (QED) is 0.361. The van der Waals surface area contributed by atoms with Crippen LogP contribution in [0.3, 0.4) is 0 Å². The summed E-state index contributed by atoms with van der Waals surface area (Å²) in [6.07, 6.45) is -26.8. The smallest absolute Gasteiger partial charge is 0.369 e. The van der Waals surface area contributed by atoms with Crippen molar-refractivity contribution < 1.29 is 67.7 Å². The van der Waals surface area contributed by atoms with Crippen LogP contribution < -0.4 is 0 Å². The van der Waals surface area contributed by atoms with Crippen LogP contribution in [-0.2, 0) is 11.2 Å². The minimum atomic E-state index is -6.71. The third-order valence-corrected chi connectivity index (χ3v) is 4.06. The van der Waals surface area contributed by atoms with E-state index in [1.54, 1.807) is 0 Å². The van der Waals surface area contributed by atoms with Crippen LogP contribution in [0.4, 0.5) is 52.7 Å².